The predicted molar refractivity (Wildman–Crippen MR) is 195 cm³/mol. The zero-order valence-electron chi connectivity index (χ0n) is 31.1. The summed E-state index contributed by atoms with van der Waals surface area (Å²) in [5.41, 5.74) is 4.87. The van der Waals surface area contributed by atoms with Crippen LogP contribution in [0.1, 0.15) is 133 Å². The fraction of sp³-hybridized carbons (Fsp3) is 0.714. The summed E-state index contributed by atoms with van der Waals surface area (Å²) in [6.45, 7) is 11.9. The highest BCUT2D eigenvalue weighted by Gasteiger charge is 2.49. The SMILES string of the molecule is CCCCOC[C@H]1OC(c2ccc(OC)c(Cc3ccc4c(c3)CCC3(CCC3)O4)c2)[C@H](OCCCC)[C@@H](OCCCC)[C@@H]1OCCCC. The van der Waals surface area contributed by atoms with E-state index in [4.69, 9.17) is 33.2 Å². The first-order chi connectivity index (χ1) is 24.0. The van der Waals surface area contributed by atoms with Gasteiger partial charge >= 0.3 is 0 Å². The number of methoxy groups -OCH3 is 1. The standard InChI is InChI=1S/C42H64O7/c1-6-10-23-44-30-37-39(45-24-11-7-2)41(47-26-13-9-4)40(46-25-12-8-3)38(48-37)33-16-18-35(43-5)34(29-33)28-31-15-17-36-32(27-31)19-22-42(49-36)20-14-21-42/h15-18,27,29,37-41H,6-14,19-26,28,30H2,1-5H3/t37-,38?,39-,40+,41+/m1/s1. The number of unbranched alkanes of at least 4 members (excludes halogenated alkanes) is 4. The molecule has 0 amide bonds. The summed E-state index contributed by atoms with van der Waals surface area (Å²) in [6, 6.07) is 13.2. The minimum absolute atomic E-state index is 0.0961. The van der Waals surface area contributed by atoms with Gasteiger partial charge in [-0.1, -0.05) is 71.6 Å². The first kappa shape index (κ1) is 38.1. The smallest absolute Gasteiger partial charge is 0.123 e. The molecular weight excluding hydrogens is 616 g/mol. The molecule has 2 fully saturated rings. The largest absolute Gasteiger partial charge is 0.496 e. The van der Waals surface area contributed by atoms with E-state index in [0.717, 1.165) is 93.3 Å². The lowest BCUT2D eigenvalue weighted by Gasteiger charge is -2.46. The van der Waals surface area contributed by atoms with E-state index in [0.29, 0.717) is 33.0 Å². The molecule has 1 saturated heterocycles. The van der Waals surface area contributed by atoms with Gasteiger partial charge in [0.25, 0.3) is 0 Å². The molecule has 1 unspecified atom stereocenters. The summed E-state index contributed by atoms with van der Waals surface area (Å²) in [5, 5.41) is 0. The maximum atomic E-state index is 7.05. The number of aryl methyl sites for hydroxylation is 1. The zero-order chi connectivity index (χ0) is 34.5. The fourth-order valence-corrected chi connectivity index (χ4v) is 7.37. The van der Waals surface area contributed by atoms with Crippen LogP contribution in [0.5, 0.6) is 11.5 Å². The zero-order valence-corrected chi connectivity index (χ0v) is 31.1. The van der Waals surface area contributed by atoms with Crippen LogP contribution in [0.3, 0.4) is 0 Å². The molecule has 0 bridgehead atoms. The van der Waals surface area contributed by atoms with Crippen molar-refractivity contribution in [2.45, 2.75) is 154 Å². The summed E-state index contributed by atoms with van der Waals surface area (Å²) < 4.78 is 45.8. The first-order valence-corrected chi connectivity index (χ1v) is 19.6. The lowest BCUT2D eigenvalue weighted by atomic mass is 9.74. The molecule has 5 atom stereocenters. The van der Waals surface area contributed by atoms with Gasteiger partial charge in [0.05, 0.1) is 13.7 Å². The normalized spacial score (nSPS) is 24.3. The van der Waals surface area contributed by atoms with Crippen molar-refractivity contribution in [2.75, 3.05) is 40.1 Å². The van der Waals surface area contributed by atoms with Crippen LogP contribution in [-0.2, 0) is 36.5 Å². The van der Waals surface area contributed by atoms with Crippen molar-refractivity contribution >= 4 is 0 Å². The van der Waals surface area contributed by atoms with Crippen LogP contribution >= 0.6 is 0 Å². The molecule has 0 N–H and O–H groups in total. The minimum atomic E-state index is -0.338. The van der Waals surface area contributed by atoms with Crippen molar-refractivity contribution in [1.82, 2.24) is 0 Å². The molecule has 7 nitrogen and oxygen atoms in total. The summed E-state index contributed by atoms with van der Waals surface area (Å²) in [7, 11) is 1.75. The highest BCUT2D eigenvalue weighted by molar-refractivity contribution is 5.45. The van der Waals surface area contributed by atoms with Crippen LogP contribution in [0.2, 0.25) is 0 Å². The second kappa shape index (κ2) is 19.4. The maximum absolute atomic E-state index is 7.05. The number of benzene rings is 2. The summed E-state index contributed by atoms with van der Waals surface area (Å²) >= 11 is 0. The van der Waals surface area contributed by atoms with Gasteiger partial charge in [0.1, 0.15) is 47.6 Å². The Morgan fingerprint density at radius 3 is 2.06 bits per heavy atom. The van der Waals surface area contributed by atoms with E-state index in [2.05, 4.69) is 64.1 Å². The summed E-state index contributed by atoms with van der Waals surface area (Å²) in [6.07, 6.45) is 13.4. The molecule has 2 aromatic carbocycles. The molecule has 2 aliphatic heterocycles. The third kappa shape index (κ3) is 10.0. The molecule has 49 heavy (non-hydrogen) atoms. The van der Waals surface area contributed by atoms with E-state index in [1.807, 2.05) is 0 Å². The van der Waals surface area contributed by atoms with Gasteiger partial charge in [0, 0.05) is 32.8 Å². The number of rotatable bonds is 21. The number of fused-ring (bicyclic) bond motifs is 1. The Bertz CT molecular complexity index is 1260. The van der Waals surface area contributed by atoms with Crippen molar-refractivity contribution in [2.24, 2.45) is 0 Å². The molecule has 0 radical (unpaired) electrons. The number of hydrogen-bond donors (Lipinski definition) is 0. The van der Waals surface area contributed by atoms with E-state index in [9.17, 15) is 0 Å². The number of hydrogen-bond acceptors (Lipinski definition) is 7. The third-order valence-electron chi connectivity index (χ3n) is 10.6. The molecule has 2 aromatic rings. The topological polar surface area (TPSA) is 64.6 Å². The Labute approximate surface area is 296 Å². The van der Waals surface area contributed by atoms with E-state index in [-0.39, 0.29) is 36.1 Å². The average molecular weight is 681 g/mol. The van der Waals surface area contributed by atoms with Crippen LogP contribution in [0, 0.1) is 0 Å². The van der Waals surface area contributed by atoms with E-state index >= 15 is 0 Å². The Morgan fingerprint density at radius 2 is 1.41 bits per heavy atom. The second-order valence-corrected chi connectivity index (χ2v) is 14.4. The quantitative estimate of drug-likeness (QED) is 0.122. The van der Waals surface area contributed by atoms with Gasteiger partial charge in [0.2, 0.25) is 0 Å². The van der Waals surface area contributed by atoms with Crippen LogP contribution in [-0.4, -0.2) is 70.2 Å². The highest BCUT2D eigenvalue weighted by Crippen LogP contribution is 2.45. The maximum Gasteiger partial charge on any atom is 0.123 e. The van der Waals surface area contributed by atoms with Crippen LogP contribution < -0.4 is 9.47 Å². The fourth-order valence-electron chi connectivity index (χ4n) is 7.37. The lowest BCUT2D eigenvalue weighted by Crippen LogP contribution is -2.58. The highest BCUT2D eigenvalue weighted by atomic mass is 16.6. The van der Waals surface area contributed by atoms with Crippen molar-refractivity contribution in [1.29, 1.82) is 0 Å². The van der Waals surface area contributed by atoms with Crippen molar-refractivity contribution in [3.63, 3.8) is 0 Å². The monoisotopic (exact) mass is 680 g/mol. The van der Waals surface area contributed by atoms with Crippen molar-refractivity contribution < 1.29 is 33.2 Å². The Kier molecular flexibility index (Phi) is 15.1. The Balaban J connectivity index is 1.44. The van der Waals surface area contributed by atoms with Gasteiger partial charge in [0.15, 0.2) is 0 Å². The van der Waals surface area contributed by atoms with Gasteiger partial charge in [-0.2, -0.15) is 0 Å². The van der Waals surface area contributed by atoms with E-state index in [1.165, 1.54) is 30.4 Å². The van der Waals surface area contributed by atoms with Gasteiger partial charge in [-0.25, -0.2) is 0 Å². The molecule has 2 heterocycles. The van der Waals surface area contributed by atoms with Crippen molar-refractivity contribution in [3.8, 4) is 11.5 Å². The molecule has 7 heteroatoms. The van der Waals surface area contributed by atoms with Crippen molar-refractivity contribution in [3.05, 3.63) is 58.7 Å². The van der Waals surface area contributed by atoms with Gasteiger partial charge < -0.3 is 33.2 Å². The van der Waals surface area contributed by atoms with E-state index in [1.54, 1.807) is 7.11 Å². The molecule has 3 aliphatic rings. The Hall–Kier alpha value is -2.16. The lowest BCUT2D eigenvalue weighted by molar-refractivity contribution is -0.268. The molecule has 1 saturated carbocycles. The second-order valence-electron chi connectivity index (χ2n) is 14.4. The van der Waals surface area contributed by atoms with Gasteiger partial charge in [-0.05, 0) is 98.2 Å². The van der Waals surface area contributed by atoms with Crippen LogP contribution in [0.4, 0.5) is 0 Å². The molecule has 0 aromatic heterocycles. The summed E-state index contributed by atoms with van der Waals surface area (Å²) in [5.74, 6) is 1.94. The van der Waals surface area contributed by atoms with Gasteiger partial charge in [-0.3, -0.25) is 0 Å². The molecule has 5 rings (SSSR count). The third-order valence-corrected chi connectivity index (χ3v) is 10.6. The number of ether oxygens (including phenoxy) is 7. The van der Waals surface area contributed by atoms with Crippen LogP contribution in [0.25, 0.3) is 0 Å². The minimum Gasteiger partial charge on any atom is -0.496 e. The molecule has 1 spiro atoms. The summed E-state index contributed by atoms with van der Waals surface area (Å²) in [4.78, 5) is 0. The first-order valence-electron chi connectivity index (χ1n) is 19.6. The Morgan fingerprint density at radius 1 is 0.735 bits per heavy atom. The molecule has 1 aliphatic carbocycles. The van der Waals surface area contributed by atoms with Gasteiger partial charge in [-0.15, -0.1) is 0 Å². The van der Waals surface area contributed by atoms with E-state index < -0.39 is 0 Å². The molecule has 274 valence electrons. The average Bonchev–Trinajstić information content (AvgIpc) is 3.10. The molecular formula is C42H64O7. The predicted octanol–water partition coefficient (Wildman–Crippen LogP) is 9.35. The van der Waals surface area contributed by atoms with Crippen LogP contribution in [0.15, 0.2) is 36.4 Å².